The molecule has 3 nitrogen and oxygen atoms in total. The summed E-state index contributed by atoms with van der Waals surface area (Å²) in [4.78, 5) is 0. The Bertz CT molecular complexity index is 611. The van der Waals surface area contributed by atoms with Crippen LogP contribution in [0.4, 0.5) is 0 Å². The van der Waals surface area contributed by atoms with Gasteiger partial charge in [0.15, 0.2) is 5.60 Å². The van der Waals surface area contributed by atoms with Gasteiger partial charge in [0.1, 0.15) is 0 Å². The molecule has 0 bridgehead atoms. The van der Waals surface area contributed by atoms with Crippen LogP contribution in [0.3, 0.4) is 0 Å². The Kier molecular flexibility index (Phi) is 3.97. The maximum absolute atomic E-state index is 10.5. The molecule has 2 N–H and O–H groups in total. The Balaban J connectivity index is 2.40. The van der Waals surface area contributed by atoms with E-state index in [1.807, 2.05) is 36.4 Å². The first-order valence-corrected chi connectivity index (χ1v) is 5.79. The van der Waals surface area contributed by atoms with Crippen LogP contribution in [0.5, 0.6) is 0 Å². The second kappa shape index (κ2) is 5.85. The van der Waals surface area contributed by atoms with E-state index in [-0.39, 0.29) is 0 Å². The second-order valence-corrected chi connectivity index (χ2v) is 3.99. The van der Waals surface area contributed by atoms with Crippen LogP contribution in [0.1, 0.15) is 11.1 Å². The summed E-state index contributed by atoms with van der Waals surface area (Å²) in [6, 6.07) is 18.2. The highest BCUT2D eigenvalue weighted by atomic mass is 16.4. The van der Waals surface area contributed by atoms with Crippen LogP contribution in [0.25, 0.3) is 0 Å². The molecule has 19 heavy (non-hydrogen) atoms. The molecule has 1 atom stereocenters. The lowest BCUT2D eigenvalue weighted by atomic mass is 9.95. The SMILES string of the molecule is ON=CC(O)(C#Cc1ccccc1)c1ccccc1. The van der Waals surface area contributed by atoms with Crippen molar-refractivity contribution in [2.45, 2.75) is 5.60 Å². The predicted molar refractivity (Wildman–Crippen MR) is 73.9 cm³/mol. The molecule has 0 radical (unpaired) electrons. The van der Waals surface area contributed by atoms with Crippen molar-refractivity contribution < 1.29 is 10.3 Å². The van der Waals surface area contributed by atoms with E-state index in [4.69, 9.17) is 5.21 Å². The van der Waals surface area contributed by atoms with Crippen molar-refractivity contribution in [3.05, 3.63) is 71.8 Å². The molecule has 1 unspecified atom stereocenters. The van der Waals surface area contributed by atoms with Crippen molar-refractivity contribution in [2.24, 2.45) is 5.16 Å². The molecule has 2 rings (SSSR count). The molecule has 2 aromatic carbocycles. The van der Waals surface area contributed by atoms with Gasteiger partial charge in [-0.05, 0) is 12.1 Å². The molecule has 3 heteroatoms. The highest BCUT2D eigenvalue weighted by molar-refractivity contribution is 5.76. The third-order valence-corrected chi connectivity index (χ3v) is 2.63. The van der Waals surface area contributed by atoms with E-state index in [0.29, 0.717) is 5.56 Å². The summed E-state index contributed by atoms with van der Waals surface area (Å²) in [5.41, 5.74) is -0.273. The number of rotatable bonds is 2. The van der Waals surface area contributed by atoms with Crippen LogP contribution >= 0.6 is 0 Å². The predicted octanol–water partition coefficient (Wildman–Crippen LogP) is 2.39. The van der Waals surface area contributed by atoms with Crippen molar-refractivity contribution in [3.63, 3.8) is 0 Å². The summed E-state index contributed by atoms with van der Waals surface area (Å²) in [5.74, 6) is 5.59. The monoisotopic (exact) mass is 251 g/mol. The van der Waals surface area contributed by atoms with Gasteiger partial charge in [-0.1, -0.05) is 65.5 Å². The molecule has 0 saturated carbocycles. The van der Waals surface area contributed by atoms with Gasteiger partial charge in [-0.3, -0.25) is 0 Å². The average molecular weight is 251 g/mol. The van der Waals surface area contributed by atoms with Gasteiger partial charge in [-0.2, -0.15) is 0 Å². The smallest absolute Gasteiger partial charge is 0.190 e. The van der Waals surface area contributed by atoms with E-state index in [1.165, 1.54) is 0 Å². The molecule has 0 aliphatic carbocycles. The van der Waals surface area contributed by atoms with E-state index in [1.54, 1.807) is 24.3 Å². The second-order valence-electron chi connectivity index (χ2n) is 3.99. The van der Waals surface area contributed by atoms with Crippen molar-refractivity contribution in [1.29, 1.82) is 0 Å². The van der Waals surface area contributed by atoms with Gasteiger partial charge in [0.05, 0.1) is 6.21 Å². The van der Waals surface area contributed by atoms with E-state index >= 15 is 0 Å². The van der Waals surface area contributed by atoms with Gasteiger partial charge in [-0.25, -0.2) is 0 Å². The average Bonchev–Trinajstić information content (AvgIpc) is 2.48. The molecule has 0 aliphatic rings. The van der Waals surface area contributed by atoms with Crippen LogP contribution < -0.4 is 0 Å². The summed E-state index contributed by atoms with van der Waals surface area (Å²) in [6.07, 6.45) is 1.01. The van der Waals surface area contributed by atoms with Crippen LogP contribution in [-0.2, 0) is 5.60 Å². The first kappa shape index (κ1) is 12.9. The summed E-state index contributed by atoms with van der Waals surface area (Å²) < 4.78 is 0. The first-order valence-electron chi connectivity index (χ1n) is 5.79. The number of nitrogens with zero attached hydrogens (tertiary/aromatic N) is 1. The fourth-order valence-corrected chi connectivity index (χ4v) is 1.64. The van der Waals surface area contributed by atoms with Crippen molar-refractivity contribution >= 4 is 6.21 Å². The highest BCUT2D eigenvalue weighted by Crippen LogP contribution is 2.18. The third kappa shape index (κ3) is 3.21. The quantitative estimate of drug-likeness (QED) is 0.372. The van der Waals surface area contributed by atoms with E-state index in [2.05, 4.69) is 17.0 Å². The van der Waals surface area contributed by atoms with Gasteiger partial charge >= 0.3 is 0 Å². The number of oxime groups is 1. The third-order valence-electron chi connectivity index (χ3n) is 2.63. The van der Waals surface area contributed by atoms with E-state index < -0.39 is 5.60 Å². The Labute approximate surface area is 111 Å². The van der Waals surface area contributed by atoms with Crippen LogP contribution in [-0.4, -0.2) is 16.5 Å². The van der Waals surface area contributed by atoms with Crippen LogP contribution in [0.15, 0.2) is 65.8 Å². The first-order chi connectivity index (χ1) is 9.24. The molecule has 0 aromatic heterocycles. The standard InChI is InChI=1S/C16H13NO2/c18-16(13-17-19,15-9-5-2-6-10-15)12-11-14-7-3-1-4-8-14/h1-10,13,18-19H. The van der Waals surface area contributed by atoms with Crippen molar-refractivity contribution in [2.75, 3.05) is 0 Å². The fraction of sp³-hybridized carbons (Fsp3) is 0.0625. The molecule has 0 saturated heterocycles. The minimum atomic E-state index is -1.61. The minimum Gasteiger partial charge on any atom is -0.411 e. The lowest BCUT2D eigenvalue weighted by Gasteiger charge is -2.16. The lowest BCUT2D eigenvalue weighted by Crippen LogP contribution is -2.25. The number of hydrogen-bond donors (Lipinski definition) is 2. The normalized spacial score (nSPS) is 13.5. The topological polar surface area (TPSA) is 52.8 Å². The van der Waals surface area contributed by atoms with Gasteiger partial charge in [0, 0.05) is 11.1 Å². The molecule has 0 heterocycles. The van der Waals surface area contributed by atoms with Crippen molar-refractivity contribution in [1.82, 2.24) is 0 Å². The molecule has 0 spiro atoms. The molecular weight excluding hydrogens is 238 g/mol. The molecule has 0 amide bonds. The zero-order chi connectivity index (χ0) is 13.6. The number of benzene rings is 2. The molecule has 94 valence electrons. The van der Waals surface area contributed by atoms with Crippen LogP contribution in [0.2, 0.25) is 0 Å². The number of aliphatic hydroxyl groups is 1. The molecular formula is C16H13NO2. The van der Waals surface area contributed by atoms with Gasteiger partial charge < -0.3 is 10.3 Å². The zero-order valence-electron chi connectivity index (χ0n) is 10.2. The minimum absolute atomic E-state index is 0.552. The van der Waals surface area contributed by atoms with Crippen molar-refractivity contribution in [3.8, 4) is 11.8 Å². The Morgan fingerprint density at radius 1 is 0.947 bits per heavy atom. The van der Waals surface area contributed by atoms with E-state index in [9.17, 15) is 5.11 Å². The molecule has 0 aliphatic heterocycles. The summed E-state index contributed by atoms with van der Waals surface area (Å²) in [5, 5.41) is 22.1. The highest BCUT2D eigenvalue weighted by Gasteiger charge is 2.24. The summed E-state index contributed by atoms with van der Waals surface area (Å²) in [7, 11) is 0. The summed E-state index contributed by atoms with van der Waals surface area (Å²) in [6.45, 7) is 0. The lowest BCUT2D eigenvalue weighted by molar-refractivity contribution is 0.174. The maximum atomic E-state index is 10.5. The number of hydrogen-bond acceptors (Lipinski definition) is 3. The van der Waals surface area contributed by atoms with Gasteiger partial charge in [-0.15, -0.1) is 0 Å². The van der Waals surface area contributed by atoms with E-state index in [0.717, 1.165) is 11.8 Å². The Morgan fingerprint density at radius 2 is 1.53 bits per heavy atom. The zero-order valence-corrected chi connectivity index (χ0v) is 10.2. The van der Waals surface area contributed by atoms with Gasteiger partial charge in [0.2, 0.25) is 0 Å². The maximum Gasteiger partial charge on any atom is 0.190 e. The Hall–Kier alpha value is -2.57. The van der Waals surface area contributed by atoms with Crippen LogP contribution in [0, 0.1) is 11.8 Å². The molecule has 2 aromatic rings. The van der Waals surface area contributed by atoms with Gasteiger partial charge in [0.25, 0.3) is 0 Å². The fourth-order valence-electron chi connectivity index (χ4n) is 1.64. The molecule has 0 fully saturated rings. The largest absolute Gasteiger partial charge is 0.411 e. The Morgan fingerprint density at radius 3 is 2.11 bits per heavy atom. The summed E-state index contributed by atoms with van der Waals surface area (Å²) >= 11 is 0.